The standard InChI is InChI=1S/C21H18ClNO5/c1-3-18(24)27-19-15(22)10-13(12-17(19)26-4-2)11-16-21(25)28-20(23-16)14-8-6-5-7-9-14/h5-12H,3-4H2,1-2H3/b16-11-. The third-order valence-corrected chi connectivity index (χ3v) is 4.06. The van der Waals surface area contributed by atoms with Gasteiger partial charge in [-0.3, -0.25) is 4.79 Å². The Hall–Kier alpha value is -3.12. The number of carbonyl (C=O) groups is 2. The van der Waals surface area contributed by atoms with Gasteiger partial charge in [0.1, 0.15) is 0 Å². The quantitative estimate of drug-likeness (QED) is 0.409. The molecule has 2 aromatic rings. The summed E-state index contributed by atoms with van der Waals surface area (Å²) in [4.78, 5) is 28.1. The van der Waals surface area contributed by atoms with Gasteiger partial charge >= 0.3 is 11.9 Å². The molecule has 0 N–H and O–H groups in total. The molecule has 0 saturated carbocycles. The first-order valence-corrected chi connectivity index (χ1v) is 9.14. The van der Waals surface area contributed by atoms with Crippen molar-refractivity contribution >= 4 is 35.5 Å². The highest BCUT2D eigenvalue weighted by Crippen LogP contribution is 2.38. The van der Waals surface area contributed by atoms with E-state index in [-0.39, 0.29) is 28.8 Å². The molecule has 1 aliphatic rings. The molecule has 3 rings (SSSR count). The lowest BCUT2D eigenvalue weighted by atomic mass is 10.1. The van der Waals surface area contributed by atoms with Gasteiger partial charge in [-0.25, -0.2) is 9.79 Å². The molecule has 0 spiro atoms. The lowest BCUT2D eigenvalue weighted by molar-refractivity contribution is -0.134. The molecule has 6 nitrogen and oxygen atoms in total. The van der Waals surface area contributed by atoms with Gasteiger partial charge in [-0.15, -0.1) is 0 Å². The van der Waals surface area contributed by atoms with Gasteiger partial charge in [-0.1, -0.05) is 36.7 Å². The van der Waals surface area contributed by atoms with E-state index in [2.05, 4.69) is 4.99 Å². The number of benzene rings is 2. The first-order valence-electron chi connectivity index (χ1n) is 8.76. The van der Waals surface area contributed by atoms with Crippen LogP contribution in [0.1, 0.15) is 31.4 Å². The molecular weight excluding hydrogens is 382 g/mol. The molecule has 2 aromatic carbocycles. The molecule has 0 saturated heterocycles. The van der Waals surface area contributed by atoms with Crippen LogP contribution in [-0.2, 0) is 14.3 Å². The van der Waals surface area contributed by atoms with Crippen LogP contribution in [0.4, 0.5) is 0 Å². The van der Waals surface area contributed by atoms with E-state index in [1.165, 1.54) is 6.08 Å². The second-order valence-electron chi connectivity index (χ2n) is 5.79. The van der Waals surface area contributed by atoms with Crippen molar-refractivity contribution in [1.29, 1.82) is 0 Å². The van der Waals surface area contributed by atoms with Crippen molar-refractivity contribution in [1.82, 2.24) is 0 Å². The predicted molar refractivity (Wildman–Crippen MR) is 106 cm³/mol. The molecular formula is C21H18ClNO5. The summed E-state index contributed by atoms with van der Waals surface area (Å²) in [6.45, 7) is 3.84. The first kappa shape index (κ1) is 19.6. The van der Waals surface area contributed by atoms with Gasteiger partial charge in [-0.2, -0.15) is 0 Å². The zero-order valence-electron chi connectivity index (χ0n) is 15.4. The van der Waals surface area contributed by atoms with Crippen molar-refractivity contribution in [3.63, 3.8) is 0 Å². The molecule has 144 valence electrons. The summed E-state index contributed by atoms with van der Waals surface area (Å²) in [5, 5.41) is 0.193. The van der Waals surface area contributed by atoms with Gasteiger partial charge in [0.2, 0.25) is 5.90 Å². The smallest absolute Gasteiger partial charge is 0.363 e. The van der Waals surface area contributed by atoms with Gasteiger partial charge in [0, 0.05) is 12.0 Å². The van der Waals surface area contributed by atoms with Gasteiger partial charge in [0.05, 0.1) is 11.6 Å². The van der Waals surface area contributed by atoms with Crippen molar-refractivity contribution in [2.75, 3.05) is 6.61 Å². The summed E-state index contributed by atoms with van der Waals surface area (Å²) in [6.07, 6.45) is 1.74. The van der Waals surface area contributed by atoms with Gasteiger partial charge < -0.3 is 14.2 Å². The Morgan fingerprint density at radius 2 is 1.96 bits per heavy atom. The van der Waals surface area contributed by atoms with E-state index in [1.54, 1.807) is 38.1 Å². The molecule has 7 heteroatoms. The molecule has 0 aromatic heterocycles. The van der Waals surface area contributed by atoms with E-state index < -0.39 is 11.9 Å². The molecule has 0 amide bonds. The predicted octanol–water partition coefficient (Wildman–Crippen LogP) is 4.40. The topological polar surface area (TPSA) is 74.2 Å². The van der Waals surface area contributed by atoms with Crippen molar-refractivity contribution in [3.8, 4) is 11.5 Å². The maximum absolute atomic E-state index is 12.2. The number of esters is 2. The third kappa shape index (κ3) is 4.40. The second kappa shape index (κ2) is 8.71. The number of cyclic esters (lactones) is 1. The second-order valence-corrected chi connectivity index (χ2v) is 6.20. The molecule has 0 radical (unpaired) electrons. The van der Waals surface area contributed by atoms with Crippen LogP contribution in [0.2, 0.25) is 5.02 Å². The first-order chi connectivity index (χ1) is 13.5. The maximum Gasteiger partial charge on any atom is 0.363 e. The Morgan fingerprint density at radius 3 is 2.64 bits per heavy atom. The molecule has 1 heterocycles. The van der Waals surface area contributed by atoms with Crippen molar-refractivity contribution in [3.05, 3.63) is 64.3 Å². The van der Waals surface area contributed by atoms with Crippen LogP contribution in [0.3, 0.4) is 0 Å². The third-order valence-electron chi connectivity index (χ3n) is 3.78. The molecule has 0 aliphatic carbocycles. The van der Waals surface area contributed by atoms with Crippen LogP contribution in [-0.4, -0.2) is 24.4 Å². The van der Waals surface area contributed by atoms with Crippen LogP contribution >= 0.6 is 11.6 Å². The summed E-state index contributed by atoms with van der Waals surface area (Å²) >= 11 is 6.28. The van der Waals surface area contributed by atoms with Crippen LogP contribution in [0.25, 0.3) is 6.08 Å². The molecule has 0 fully saturated rings. The van der Waals surface area contributed by atoms with Crippen molar-refractivity contribution in [2.24, 2.45) is 4.99 Å². The maximum atomic E-state index is 12.2. The van der Waals surface area contributed by atoms with Crippen LogP contribution < -0.4 is 9.47 Å². The fraction of sp³-hybridized carbons (Fsp3) is 0.190. The Kier molecular flexibility index (Phi) is 6.11. The van der Waals surface area contributed by atoms with Crippen LogP contribution in [0, 0.1) is 0 Å². The number of aliphatic imine (C=N–C) groups is 1. The highest BCUT2D eigenvalue weighted by Gasteiger charge is 2.24. The SMILES string of the molecule is CCOc1cc(/C=C2\N=C(c3ccccc3)OC2=O)cc(Cl)c1OC(=O)CC. The summed E-state index contributed by atoms with van der Waals surface area (Å²) in [7, 11) is 0. The van der Waals surface area contributed by atoms with E-state index in [4.69, 9.17) is 25.8 Å². The van der Waals surface area contributed by atoms with E-state index in [0.717, 1.165) is 0 Å². The minimum atomic E-state index is -0.561. The van der Waals surface area contributed by atoms with Crippen LogP contribution in [0.5, 0.6) is 11.5 Å². The number of hydrogen-bond donors (Lipinski definition) is 0. The highest BCUT2D eigenvalue weighted by molar-refractivity contribution is 6.32. The summed E-state index contributed by atoms with van der Waals surface area (Å²) in [6, 6.07) is 12.3. The monoisotopic (exact) mass is 399 g/mol. The molecule has 0 atom stereocenters. The highest BCUT2D eigenvalue weighted by atomic mass is 35.5. The zero-order chi connectivity index (χ0) is 20.1. The Balaban J connectivity index is 1.96. The lowest BCUT2D eigenvalue weighted by Gasteiger charge is -2.13. The summed E-state index contributed by atoms with van der Waals surface area (Å²) < 4.78 is 16.0. The average molecular weight is 400 g/mol. The molecule has 0 bridgehead atoms. The normalized spacial score (nSPS) is 14.6. The number of nitrogens with zero attached hydrogens (tertiary/aromatic N) is 1. The van der Waals surface area contributed by atoms with E-state index in [1.807, 2.05) is 18.2 Å². The number of carbonyl (C=O) groups excluding carboxylic acids is 2. The molecule has 1 aliphatic heterocycles. The summed E-state index contributed by atoms with van der Waals surface area (Å²) in [5.41, 5.74) is 1.40. The Labute approximate surface area is 167 Å². The fourth-order valence-electron chi connectivity index (χ4n) is 2.49. The van der Waals surface area contributed by atoms with Crippen LogP contribution in [0.15, 0.2) is 53.2 Å². The van der Waals surface area contributed by atoms with E-state index in [0.29, 0.717) is 23.5 Å². The van der Waals surface area contributed by atoms with E-state index in [9.17, 15) is 9.59 Å². The lowest BCUT2D eigenvalue weighted by Crippen LogP contribution is -2.08. The Bertz CT molecular complexity index is 966. The van der Waals surface area contributed by atoms with Gasteiger partial charge in [-0.05, 0) is 42.8 Å². The fourth-order valence-corrected chi connectivity index (χ4v) is 2.75. The largest absolute Gasteiger partial charge is 0.490 e. The van der Waals surface area contributed by atoms with Crippen molar-refractivity contribution in [2.45, 2.75) is 20.3 Å². The van der Waals surface area contributed by atoms with Crippen molar-refractivity contribution < 1.29 is 23.8 Å². The minimum Gasteiger partial charge on any atom is -0.490 e. The molecule has 0 unspecified atom stereocenters. The van der Waals surface area contributed by atoms with Gasteiger partial charge in [0.15, 0.2) is 17.2 Å². The zero-order valence-corrected chi connectivity index (χ0v) is 16.2. The number of halogens is 1. The number of rotatable bonds is 6. The van der Waals surface area contributed by atoms with Gasteiger partial charge in [0.25, 0.3) is 0 Å². The summed E-state index contributed by atoms with van der Waals surface area (Å²) in [5.74, 6) is -0.288. The Morgan fingerprint density at radius 1 is 1.21 bits per heavy atom. The van der Waals surface area contributed by atoms with E-state index >= 15 is 0 Å². The number of hydrogen-bond acceptors (Lipinski definition) is 6. The minimum absolute atomic E-state index is 0.135. The average Bonchev–Trinajstić information content (AvgIpc) is 3.05. The molecule has 28 heavy (non-hydrogen) atoms. The number of ether oxygens (including phenoxy) is 3.